The highest BCUT2D eigenvalue weighted by atomic mass is 19.3. The van der Waals surface area contributed by atoms with Crippen LogP contribution >= 0.6 is 0 Å². The molecule has 0 radical (unpaired) electrons. The minimum atomic E-state index is -2.72. The summed E-state index contributed by atoms with van der Waals surface area (Å²) >= 11 is 0. The molecule has 0 aromatic heterocycles. The van der Waals surface area contributed by atoms with E-state index in [4.69, 9.17) is 5.73 Å². The summed E-state index contributed by atoms with van der Waals surface area (Å²) in [5.41, 5.74) is 5.20. The number of nitrogens with two attached hydrogens (primary N) is 1. The number of carbonyl (C=O) groups excluding carboxylic acids is 1. The molecule has 1 saturated heterocycles. The number of likely N-dealkylation sites (tertiary alicyclic amines) is 1. The average Bonchev–Trinajstić information content (AvgIpc) is 2.15. The lowest BCUT2D eigenvalue weighted by Gasteiger charge is -2.34. The molecule has 0 bridgehead atoms. The largest absolute Gasteiger partial charge is 0.337 e. The van der Waals surface area contributed by atoms with E-state index in [0.29, 0.717) is 19.5 Å². The number of piperidine rings is 1. The first kappa shape index (κ1) is 13.4. The quantitative estimate of drug-likeness (QED) is 0.806. The van der Waals surface area contributed by atoms with Crippen molar-refractivity contribution in [1.82, 2.24) is 4.90 Å². The van der Waals surface area contributed by atoms with Crippen LogP contribution in [0, 0.1) is 5.41 Å². The monoisotopic (exact) mass is 234 g/mol. The van der Waals surface area contributed by atoms with Crippen molar-refractivity contribution in [3.63, 3.8) is 0 Å². The van der Waals surface area contributed by atoms with Gasteiger partial charge in [-0.1, -0.05) is 13.8 Å². The number of nitrogens with zero attached hydrogens (tertiary/aromatic N) is 1. The Morgan fingerprint density at radius 2 is 2.12 bits per heavy atom. The van der Waals surface area contributed by atoms with Crippen molar-refractivity contribution in [2.45, 2.75) is 39.0 Å². The maximum Gasteiger partial charge on any atom is 0.265 e. The molecule has 1 aliphatic heterocycles. The second-order valence-corrected chi connectivity index (χ2v) is 5.32. The first-order chi connectivity index (χ1) is 7.26. The highest BCUT2D eigenvalue weighted by Gasteiger charge is 2.37. The molecule has 0 aliphatic carbocycles. The number of amides is 1. The molecule has 94 valence electrons. The van der Waals surface area contributed by atoms with Gasteiger partial charge in [0.1, 0.15) is 0 Å². The second-order valence-electron chi connectivity index (χ2n) is 5.32. The van der Waals surface area contributed by atoms with Gasteiger partial charge in [-0.15, -0.1) is 0 Å². The summed E-state index contributed by atoms with van der Waals surface area (Å²) in [5, 5.41) is 0. The minimum absolute atomic E-state index is 0.114. The molecule has 3 nitrogen and oxygen atoms in total. The summed E-state index contributed by atoms with van der Waals surface area (Å²) in [6, 6.07) is 0. The second kappa shape index (κ2) is 4.65. The van der Waals surface area contributed by atoms with Crippen LogP contribution in [0.25, 0.3) is 0 Å². The van der Waals surface area contributed by atoms with Crippen molar-refractivity contribution >= 4 is 5.91 Å². The zero-order valence-electron chi connectivity index (χ0n) is 9.93. The molecule has 1 rings (SSSR count). The first-order valence-electron chi connectivity index (χ1n) is 5.61. The summed E-state index contributed by atoms with van der Waals surface area (Å²) in [5.74, 6) is -2.93. The molecule has 1 heterocycles. The Kier molecular flexibility index (Phi) is 3.88. The highest BCUT2D eigenvalue weighted by Crippen LogP contribution is 2.28. The van der Waals surface area contributed by atoms with E-state index in [2.05, 4.69) is 0 Å². The summed E-state index contributed by atoms with van der Waals surface area (Å²) in [6.45, 7) is 4.12. The summed E-state index contributed by atoms with van der Waals surface area (Å²) in [6.07, 6.45) is 0.498. The third-order valence-corrected chi connectivity index (χ3v) is 2.93. The van der Waals surface area contributed by atoms with Crippen LogP contribution in [0.4, 0.5) is 8.78 Å². The van der Waals surface area contributed by atoms with Gasteiger partial charge in [-0.05, 0) is 18.4 Å². The Bertz CT molecular complexity index is 267. The number of carbonyl (C=O) groups is 1. The van der Waals surface area contributed by atoms with E-state index in [0.717, 1.165) is 0 Å². The van der Waals surface area contributed by atoms with Crippen molar-refractivity contribution < 1.29 is 13.6 Å². The maximum absolute atomic E-state index is 13.1. The summed E-state index contributed by atoms with van der Waals surface area (Å²) < 4.78 is 26.2. The predicted octanol–water partition coefficient (Wildman–Crippen LogP) is 1.62. The lowest BCUT2D eigenvalue weighted by molar-refractivity contribution is -0.143. The van der Waals surface area contributed by atoms with Crippen LogP contribution in [0.3, 0.4) is 0 Å². The molecule has 0 aromatic carbocycles. The smallest absolute Gasteiger partial charge is 0.265 e. The van der Waals surface area contributed by atoms with E-state index in [-0.39, 0.29) is 24.2 Å². The van der Waals surface area contributed by atoms with Crippen molar-refractivity contribution in [3.8, 4) is 0 Å². The van der Waals surface area contributed by atoms with E-state index in [1.807, 2.05) is 13.8 Å². The van der Waals surface area contributed by atoms with Crippen molar-refractivity contribution in [2.75, 3.05) is 19.6 Å². The fourth-order valence-corrected chi connectivity index (χ4v) is 1.77. The Balaban J connectivity index is 2.54. The third-order valence-electron chi connectivity index (χ3n) is 2.93. The van der Waals surface area contributed by atoms with Crippen LogP contribution in [0.5, 0.6) is 0 Å². The van der Waals surface area contributed by atoms with E-state index < -0.39 is 12.5 Å². The summed E-state index contributed by atoms with van der Waals surface area (Å²) in [7, 11) is 0. The first-order valence-corrected chi connectivity index (χ1v) is 5.61. The average molecular weight is 234 g/mol. The van der Waals surface area contributed by atoms with Gasteiger partial charge < -0.3 is 10.6 Å². The van der Waals surface area contributed by atoms with Gasteiger partial charge in [0.25, 0.3) is 5.92 Å². The molecule has 1 amide bonds. The molecular formula is C11H20F2N2O. The SMILES string of the molecule is CC(C)(CN)CC(=O)N1CCCC(F)(F)C1. The molecule has 1 aliphatic rings. The van der Waals surface area contributed by atoms with Crippen molar-refractivity contribution in [3.05, 3.63) is 0 Å². The highest BCUT2D eigenvalue weighted by molar-refractivity contribution is 5.77. The molecule has 0 spiro atoms. The van der Waals surface area contributed by atoms with Gasteiger partial charge in [0.15, 0.2) is 0 Å². The molecule has 0 atom stereocenters. The Morgan fingerprint density at radius 1 is 1.50 bits per heavy atom. The van der Waals surface area contributed by atoms with Gasteiger partial charge in [0.2, 0.25) is 5.91 Å². The molecule has 0 unspecified atom stereocenters. The van der Waals surface area contributed by atoms with E-state index in [1.54, 1.807) is 0 Å². The number of hydrogen-bond donors (Lipinski definition) is 1. The molecule has 0 saturated carbocycles. The van der Waals surface area contributed by atoms with Crippen LogP contribution in [-0.2, 0) is 4.79 Å². The lowest BCUT2D eigenvalue weighted by Crippen LogP contribution is -2.47. The zero-order chi connectivity index (χ0) is 12.4. The molecule has 0 aromatic rings. The van der Waals surface area contributed by atoms with Gasteiger partial charge in [-0.25, -0.2) is 8.78 Å². The molecular weight excluding hydrogens is 214 g/mol. The fraction of sp³-hybridized carbons (Fsp3) is 0.909. The van der Waals surface area contributed by atoms with Gasteiger partial charge >= 0.3 is 0 Å². The normalized spacial score (nSPS) is 20.9. The number of halogens is 2. The van der Waals surface area contributed by atoms with Crippen molar-refractivity contribution in [1.29, 1.82) is 0 Å². The molecule has 1 fully saturated rings. The molecule has 2 N–H and O–H groups in total. The third kappa shape index (κ3) is 3.70. The topological polar surface area (TPSA) is 46.3 Å². The van der Waals surface area contributed by atoms with Gasteiger partial charge in [0.05, 0.1) is 6.54 Å². The van der Waals surface area contributed by atoms with Gasteiger partial charge in [-0.2, -0.15) is 0 Å². The Labute approximate surface area is 95.0 Å². The Morgan fingerprint density at radius 3 is 2.62 bits per heavy atom. The zero-order valence-corrected chi connectivity index (χ0v) is 9.93. The standard InChI is InChI=1S/C11H20F2N2O/c1-10(2,7-14)6-9(16)15-5-3-4-11(12,13)8-15/h3-8,14H2,1-2H3. The van der Waals surface area contributed by atoms with E-state index in [9.17, 15) is 13.6 Å². The van der Waals surface area contributed by atoms with Gasteiger partial charge in [0, 0.05) is 19.4 Å². The molecule has 16 heavy (non-hydrogen) atoms. The van der Waals surface area contributed by atoms with Crippen molar-refractivity contribution in [2.24, 2.45) is 11.1 Å². The van der Waals surface area contributed by atoms with Crippen LogP contribution in [0.15, 0.2) is 0 Å². The lowest BCUT2D eigenvalue weighted by atomic mass is 9.88. The fourth-order valence-electron chi connectivity index (χ4n) is 1.77. The van der Waals surface area contributed by atoms with Crippen LogP contribution in [0.1, 0.15) is 33.1 Å². The van der Waals surface area contributed by atoms with Crippen LogP contribution in [0.2, 0.25) is 0 Å². The van der Waals surface area contributed by atoms with E-state index in [1.165, 1.54) is 4.90 Å². The Hall–Kier alpha value is -0.710. The summed E-state index contributed by atoms with van der Waals surface area (Å²) in [4.78, 5) is 13.1. The number of hydrogen-bond acceptors (Lipinski definition) is 2. The van der Waals surface area contributed by atoms with E-state index >= 15 is 0 Å². The maximum atomic E-state index is 13.1. The number of rotatable bonds is 3. The number of alkyl halides is 2. The predicted molar refractivity (Wildman–Crippen MR) is 58.2 cm³/mol. The van der Waals surface area contributed by atoms with Crippen LogP contribution in [-0.4, -0.2) is 36.4 Å². The van der Waals surface area contributed by atoms with Gasteiger partial charge in [-0.3, -0.25) is 4.79 Å². The molecule has 5 heteroatoms. The minimum Gasteiger partial charge on any atom is -0.337 e. The van der Waals surface area contributed by atoms with Crippen LogP contribution < -0.4 is 5.73 Å².